The molecule has 0 aromatic heterocycles. The van der Waals surface area contributed by atoms with Crippen molar-refractivity contribution >= 4 is 30.0 Å². The monoisotopic (exact) mass is 456 g/mol. The number of amides is 2. The van der Waals surface area contributed by atoms with Gasteiger partial charge in [-0.25, -0.2) is 13.6 Å². The molecule has 1 aliphatic rings. The number of halogens is 5. The summed E-state index contributed by atoms with van der Waals surface area (Å²) in [6.45, 7) is 8.42. The van der Waals surface area contributed by atoms with E-state index in [9.17, 15) is 26.7 Å². The van der Waals surface area contributed by atoms with Crippen molar-refractivity contribution in [2.24, 2.45) is 0 Å². The molecular formula is C21H22BF5N2O3. The molecular weight excluding hydrogens is 434 g/mol. The van der Waals surface area contributed by atoms with E-state index in [2.05, 4.69) is 5.32 Å². The second kappa shape index (κ2) is 8.04. The van der Waals surface area contributed by atoms with E-state index in [-0.39, 0.29) is 16.7 Å². The van der Waals surface area contributed by atoms with E-state index in [4.69, 9.17) is 9.31 Å². The lowest BCUT2D eigenvalue weighted by molar-refractivity contribution is -0.138. The van der Waals surface area contributed by atoms with Crippen molar-refractivity contribution in [2.75, 3.05) is 10.6 Å². The summed E-state index contributed by atoms with van der Waals surface area (Å²) in [7, 11) is -1.01. The Kier molecular flexibility index (Phi) is 6.03. The van der Waals surface area contributed by atoms with Crippen LogP contribution in [0.25, 0.3) is 0 Å². The lowest BCUT2D eigenvalue weighted by Gasteiger charge is -2.32. The summed E-state index contributed by atoms with van der Waals surface area (Å²) in [5.41, 5.74) is -3.26. The molecule has 0 aliphatic carbocycles. The number of carbonyl (C=O) groups is 1. The number of hydrogen-bond donors (Lipinski definition) is 2. The normalized spacial score (nSPS) is 17.4. The third kappa shape index (κ3) is 4.73. The van der Waals surface area contributed by atoms with Crippen molar-refractivity contribution in [3.05, 3.63) is 53.1 Å². The Morgan fingerprint density at radius 3 is 1.97 bits per heavy atom. The smallest absolute Gasteiger partial charge is 0.399 e. The molecule has 0 saturated carbocycles. The molecule has 3 rings (SSSR count). The maximum absolute atomic E-state index is 14.6. The predicted molar refractivity (Wildman–Crippen MR) is 111 cm³/mol. The highest BCUT2D eigenvalue weighted by atomic mass is 19.4. The molecule has 11 heteroatoms. The Morgan fingerprint density at radius 1 is 0.938 bits per heavy atom. The SMILES string of the molecule is Cc1ccc(NC(=O)Nc2c(F)cc(B3OC(C)(C)C(C)(C)O3)cc2F)cc1C(F)(F)F. The molecule has 1 saturated heterocycles. The van der Waals surface area contributed by atoms with Gasteiger partial charge in [0.25, 0.3) is 0 Å². The van der Waals surface area contributed by atoms with Gasteiger partial charge in [-0.05, 0) is 69.9 Å². The van der Waals surface area contributed by atoms with Gasteiger partial charge >= 0.3 is 19.3 Å². The summed E-state index contributed by atoms with van der Waals surface area (Å²) >= 11 is 0. The predicted octanol–water partition coefficient (Wildman–Crippen LogP) is 5.24. The van der Waals surface area contributed by atoms with Crippen molar-refractivity contribution in [1.29, 1.82) is 0 Å². The lowest BCUT2D eigenvalue weighted by Crippen LogP contribution is -2.41. The number of rotatable bonds is 3. The minimum atomic E-state index is -4.61. The molecule has 5 nitrogen and oxygen atoms in total. The van der Waals surface area contributed by atoms with Gasteiger partial charge in [-0.15, -0.1) is 0 Å². The maximum atomic E-state index is 14.6. The lowest BCUT2D eigenvalue weighted by atomic mass is 9.79. The van der Waals surface area contributed by atoms with E-state index >= 15 is 0 Å². The highest BCUT2D eigenvalue weighted by Gasteiger charge is 2.52. The fourth-order valence-electron chi connectivity index (χ4n) is 3.11. The van der Waals surface area contributed by atoms with Gasteiger partial charge in [0.1, 0.15) is 17.3 Å². The largest absolute Gasteiger partial charge is 0.495 e. The fraction of sp³-hybridized carbons (Fsp3) is 0.381. The van der Waals surface area contributed by atoms with Crippen LogP contribution in [0.15, 0.2) is 30.3 Å². The number of carbonyl (C=O) groups excluding carboxylic acids is 1. The topological polar surface area (TPSA) is 59.6 Å². The zero-order chi connectivity index (χ0) is 24.1. The molecule has 1 aliphatic heterocycles. The van der Waals surface area contributed by atoms with Crippen LogP contribution >= 0.6 is 0 Å². The quantitative estimate of drug-likeness (QED) is 0.491. The first-order valence-electron chi connectivity index (χ1n) is 9.71. The van der Waals surface area contributed by atoms with Crippen LogP contribution in [0.5, 0.6) is 0 Å². The molecule has 2 aromatic carbocycles. The van der Waals surface area contributed by atoms with Crippen LogP contribution in [0.3, 0.4) is 0 Å². The Morgan fingerprint density at radius 2 is 1.47 bits per heavy atom. The van der Waals surface area contributed by atoms with E-state index in [0.29, 0.717) is 0 Å². The Labute approximate surface area is 182 Å². The zero-order valence-electron chi connectivity index (χ0n) is 18.1. The molecule has 0 spiro atoms. The van der Waals surface area contributed by atoms with Crippen molar-refractivity contribution in [2.45, 2.75) is 52.0 Å². The molecule has 0 atom stereocenters. The van der Waals surface area contributed by atoms with Crippen LogP contribution in [0.1, 0.15) is 38.8 Å². The van der Waals surface area contributed by atoms with Crippen molar-refractivity contribution < 1.29 is 36.1 Å². The number of hydrogen-bond acceptors (Lipinski definition) is 3. The second-order valence-electron chi connectivity index (χ2n) is 8.55. The van der Waals surface area contributed by atoms with Crippen molar-refractivity contribution in [3.63, 3.8) is 0 Å². The summed E-state index contributed by atoms with van der Waals surface area (Å²) in [4.78, 5) is 12.2. The highest BCUT2D eigenvalue weighted by molar-refractivity contribution is 6.62. The summed E-state index contributed by atoms with van der Waals surface area (Å²) in [6.07, 6.45) is -4.61. The molecule has 2 N–H and O–H groups in total. The van der Waals surface area contributed by atoms with Gasteiger partial charge in [-0.3, -0.25) is 0 Å². The van der Waals surface area contributed by atoms with Gasteiger partial charge in [0.05, 0.1) is 16.8 Å². The molecule has 0 bridgehead atoms. The van der Waals surface area contributed by atoms with Gasteiger partial charge in [0, 0.05) is 5.69 Å². The number of benzene rings is 2. The van der Waals surface area contributed by atoms with Crippen LogP contribution in [-0.2, 0) is 15.5 Å². The van der Waals surface area contributed by atoms with E-state index in [0.717, 1.165) is 18.2 Å². The van der Waals surface area contributed by atoms with Crippen LogP contribution in [-0.4, -0.2) is 24.4 Å². The third-order valence-electron chi connectivity index (χ3n) is 5.63. The van der Waals surface area contributed by atoms with Crippen molar-refractivity contribution in [1.82, 2.24) is 0 Å². The average Bonchev–Trinajstić information content (AvgIpc) is 2.86. The average molecular weight is 456 g/mol. The summed E-state index contributed by atoms with van der Waals surface area (Å²) < 4.78 is 79.8. The molecule has 2 aromatic rings. The first kappa shape index (κ1) is 24.0. The van der Waals surface area contributed by atoms with Gasteiger partial charge in [-0.1, -0.05) is 6.07 Å². The molecule has 172 valence electrons. The zero-order valence-corrected chi connectivity index (χ0v) is 18.1. The minimum absolute atomic E-state index is 0.0289. The van der Waals surface area contributed by atoms with Crippen LogP contribution in [0.4, 0.5) is 38.1 Å². The number of alkyl halides is 3. The van der Waals surface area contributed by atoms with Crippen molar-refractivity contribution in [3.8, 4) is 0 Å². The number of aryl methyl sites for hydroxylation is 1. The van der Waals surface area contributed by atoms with Gasteiger partial charge in [-0.2, -0.15) is 13.2 Å². The van der Waals surface area contributed by atoms with E-state index in [1.807, 2.05) is 5.32 Å². The van der Waals surface area contributed by atoms with Gasteiger partial charge in [0.2, 0.25) is 0 Å². The first-order valence-corrected chi connectivity index (χ1v) is 9.71. The summed E-state index contributed by atoms with van der Waals surface area (Å²) in [6, 6.07) is 3.99. The minimum Gasteiger partial charge on any atom is -0.399 e. The molecule has 0 radical (unpaired) electrons. The maximum Gasteiger partial charge on any atom is 0.495 e. The Bertz CT molecular complexity index is 1020. The summed E-state index contributed by atoms with van der Waals surface area (Å²) in [5, 5.41) is 4.13. The molecule has 1 fully saturated rings. The number of anilines is 2. The summed E-state index contributed by atoms with van der Waals surface area (Å²) in [5.74, 6) is -2.19. The van der Waals surface area contributed by atoms with Crippen LogP contribution < -0.4 is 16.1 Å². The van der Waals surface area contributed by atoms with Crippen LogP contribution in [0.2, 0.25) is 0 Å². The number of urea groups is 1. The van der Waals surface area contributed by atoms with E-state index in [1.165, 1.54) is 19.1 Å². The molecule has 1 heterocycles. The molecule has 32 heavy (non-hydrogen) atoms. The number of nitrogens with one attached hydrogen (secondary N) is 2. The Hall–Kier alpha value is -2.66. The third-order valence-corrected chi connectivity index (χ3v) is 5.63. The first-order chi connectivity index (χ1) is 14.6. The standard InChI is InChI=1S/C21H22BF5N2O3/c1-11-6-7-13(10-14(11)21(25,26)27)28-18(30)29-17-15(23)8-12(9-16(17)24)22-31-19(2,3)20(4,5)32-22/h6-10H,1-5H3,(H2,28,29,30). The van der Waals surface area contributed by atoms with E-state index < -0.39 is 53.4 Å². The second-order valence-corrected chi connectivity index (χ2v) is 8.55. The Balaban J connectivity index is 1.77. The van der Waals surface area contributed by atoms with Gasteiger partial charge in [0.15, 0.2) is 0 Å². The van der Waals surface area contributed by atoms with Crippen LogP contribution in [0, 0.1) is 18.6 Å². The van der Waals surface area contributed by atoms with E-state index in [1.54, 1.807) is 27.7 Å². The van der Waals surface area contributed by atoms with Gasteiger partial charge < -0.3 is 19.9 Å². The fourth-order valence-corrected chi connectivity index (χ4v) is 3.11. The highest BCUT2D eigenvalue weighted by Crippen LogP contribution is 2.37. The molecule has 0 unspecified atom stereocenters. The molecule has 2 amide bonds.